The summed E-state index contributed by atoms with van der Waals surface area (Å²) in [7, 11) is 0. The summed E-state index contributed by atoms with van der Waals surface area (Å²) in [4.78, 5) is 10.4. The van der Waals surface area contributed by atoms with E-state index in [1.807, 2.05) is 0 Å². The standard InChI is InChI=1S/C7H10O3.H4Si/c1-3-5-9-7(8)10-6-4-2;/h3-4H,1-2,5-6H2;1H4. The molecule has 64 valence electrons. The molecule has 0 aliphatic rings. The predicted octanol–water partition coefficient (Wildman–Crippen LogP) is 0.0600. The molecule has 3 nitrogen and oxygen atoms in total. The van der Waals surface area contributed by atoms with Crippen LogP contribution in [0.4, 0.5) is 4.79 Å². The van der Waals surface area contributed by atoms with E-state index >= 15 is 0 Å². The molecule has 0 saturated carbocycles. The lowest BCUT2D eigenvalue weighted by molar-refractivity contribution is 0.0718. The first-order valence-corrected chi connectivity index (χ1v) is 2.82. The highest BCUT2D eigenvalue weighted by molar-refractivity contribution is 5.75. The fourth-order valence-corrected chi connectivity index (χ4v) is 0.296. The van der Waals surface area contributed by atoms with Gasteiger partial charge in [0.2, 0.25) is 0 Å². The molecule has 0 aromatic rings. The Morgan fingerprint density at radius 3 is 1.82 bits per heavy atom. The summed E-state index contributed by atoms with van der Waals surface area (Å²) >= 11 is 0. The molecule has 0 amide bonds. The second-order valence-corrected chi connectivity index (χ2v) is 1.45. The van der Waals surface area contributed by atoms with Gasteiger partial charge >= 0.3 is 6.16 Å². The zero-order valence-electron chi connectivity index (χ0n) is 5.71. The van der Waals surface area contributed by atoms with Crippen LogP contribution >= 0.6 is 0 Å². The largest absolute Gasteiger partial charge is 0.508 e. The number of ether oxygens (including phenoxy) is 2. The van der Waals surface area contributed by atoms with E-state index in [4.69, 9.17) is 0 Å². The summed E-state index contributed by atoms with van der Waals surface area (Å²) in [5.74, 6) is 0. The molecule has 0 spiro atoms. The van der Waals surface area contributed by atoms with Crippen molar-refractivity contribution >= 4 is 17.1 Å². The second kappa shape index (κ2) is 8.97. The smallest absolute Gasteiger partial charge is 0.430 e. The summed E-state index contributed by atoms with van der Waals surface area (Å²) in [6.07, 6.45) is 2.24. The summed E-state index contributed by atoms with van der Waals surface area (Å²) in [5.41, 5.74) is 0. The lowest BCUT2D eigenvalue weighted by Gasteiger charge is -1.99. The third kappa shape index (κ3) is 8.97. The Morgan fingerprint density at radius 2 is 1.55 bits per heavy atom. The van der Waals surface area contributed by atoms with Crippen LogP contribution in [0.15, 0.2) is 25.3 Å². The minimum Gasteiger partial charge on any atom is -0.430 e. The molecule has 0 heterocycles. The molecule has 0 fully saturated rings. The Kier molecular flexibility index (Phi) is 10.3. The average Bonchev–Trinajstić information content (AvgIpc) is 1.97. The molecule has 0 unspecified atom stereocenters. The van der Waals surface area contributed by atoms with Crippen molar-refractivity contribution in [1.29, 1.82) is 0 Å². The van der Waals surface area contributed by atoms with Crippen molar-refractivity contribution < 1.29 is 14.3 Å². The van der Waals surface area contributed by atoms with E-state index in [0.717, 1.165) is 0 Å². The number of carbonyl (C=O) groups is 1. The lowest BCUT2D eigenvalue weighted by Crippen LogP contribution is -2.06. The maximum Gasteiger partial charge on any atom is 0.508 e. The van der Waals surface area contributed by atoms with Crippen LogP contribution in [0.3, 0.4) is 0 Å². The van der Waals surface area contributed by atoms with Gasteiger partial charge in [0.25, 0.3) is 0 Å². The van der Waals surface area contributed by atoms with Crippen molar-refractivity contribution in [2.75, 3.05) is 13.2 Å². The zero-order chi connectivity index (χ0) is 7.82. The fraction of sp³-hybridized carbons (Fsp3) is 0.286. The highest BCUT2D eigenvalue weighted by Gasteiger charge is 1.97. The van der Waals surface area contributed by atoms with Gasteiger partial charge in [-0.05, 0) is 11.0 Å². The molecule has 4 heteroatoms. The van der Waals surface area contributed by atoms with Crippen LogP contribution in [0, 0.1) is 0 Å². The van der Waals surface area contributed by atoms with Gasteiger partial charge in [0.05, 0.1) is 0 Å². The van der Waals surface area contributed by atoms with Crippen LogP contribution in [-0.2, 0) is 9.47 Å². The Bertz CT molecular complexity index is 120. The molecule has 0 aliphatic carbocycles. The van der Waals surface area contributed by atoms with Gasteiger partial charge in [-0.1, -0.05) is 25.3 Å². The van der Waals surface area contributed by atoms with Gasteiger partial charge in [0.15, 0.2) is 0 Å². The normalized spacial score (nSPS) is 7.27. The topological polar surface area (TPSA) is 35.5 Å². The van der Waals surface area contributed by atoms with Crippen molar-refractivity contribution in [3.8, 4) is 0 Å². The van der Waals surface area contributed by atoms with E-state index in [2.05, 4.69) is 22.6 Å². The molecular weight excluding hydrogens is 160 g/mol. The minimum absolute atomic E-state index is 0. The molecule has 0 aromatic carbocycles. The Morgan fingerprint density at radius 1 is 1.18 bits per heavy atom. The molecule has 0 radical (unpaired) electrons. The summed E-state index contributed by atoms with van der Waals surface area (Å²) in [6, 6.07) is 0. The Labute approximate surface area is 70.7 Å². The summed E-state index contributed by atoms with van der Waals surface area (Å²) < 4.78 is 8.93. The second-order valence-electron chi connectivity index (χ2n) is 1.45. The predicted molar refractivity (Wildman–Crippen MR) is 49.0 cm³/mol. The van der Waals surface area contributed by atoms with Gasteiger partial charge in [-0.2, -0.15) is 0 Å². The molecular formula is C7H14O3Si. The van der Waals surface area contributed by atoms with Gasteiger partial charge in [-0.3, -0.25) is 0 Å². The van der Waals surface area contributed by atoms with Gasteiger partial charge in [0, 0.05) is 0 Å². The minimum atomic E-state index is -0.695. The van der Waals surface area contributed by atoms with Crippen molar-refractivity contribution in [2.45, 2.75) is 0 Å². The van der Waals surface area contributed by atoms with Gasteiger partial charge in [0.1, 0.15) is 13.2 Å². The fourth-order valence-electron chi connectivity index (χ4n) is 0.296. The maximum atomic E-state index is 10.4. The lowest BCUT2D eigenvalue weighted by atomic mass is 10.7. The van der Waals surface area contributed by atoms with E-state index in [9.17, 15) is 4.79 Å². The molecule has 0 aliphatic heterocycles. The van der Waals surface area contributed by atoms with Crippen LogP contribution in [0.5, 0.6) is 0 Å². The monoisotopic (exact) mass is 174 g/mol. The van der Waals surface area contributed by atoms with Crippen LogP contribution in [0.1, 0.15) is 0 Å². The highest BCUT2D eigenvalue weighted by atomic mass is 28.1. The van der Waals surface area contributed by atoms with E-state index in [-0.39, 0.29) is 24.2 Å². The van der Waals surface area contributed by atoms with E-state index in [0.29, 0.717) is 0 Å². The highest BCUT2D eigenvalue weighted by Crippen LogP contribution is 1.84. The van der Waals surface area contributed by atoms with Crippen molar-refractivity contribution in [3.63, 3.8) is 0 Å². The Balaban J connectivity index is 0. The van der Waals surface area contributed by atoms with Gasteiger partial charge in [-0.15, -0.1) is 0 Å². The first kappa shape index (κ1) is 12.6. The third-order valence-corrected chi connectivity index (χ3v) is 0.638. The van der Waals surface area contributed by atoms with Crippen LogP contribution in [0.25, 0.3) is 0 Å². The molecule has 0 N–H and O–H groups in total. The zero-order valence-corrected chi connectivity index (χ0v) is 5.71. The van der Waals surface area contributed by atoms with Crippen LogP contribution in [0.2, 0.25) is 0 Å². The van der Waals surface area contributed by atoms with Gasteiger partial charge < -0.3 is 9.47 Å². The summed E-state index contributed by atoms with van der Waals surface area (Å²) in [6.45, 7) is 7.07. The van der Waals surface area contributed by atoms with E-state index < -0.39 is 6.16 Å². The number of hydrogen-bond donors (Lipinski definition) is 0. The molecule has 0 aromatic heterocycles. The SMILES string of the molecule is C=CCOC(=O)OCC=C.[SiH4]. The van der Waals surface area contributed by atoms with Crippen molar-refractivity contribution in [3.05, 3.63) is 25.3 Å². The number of rotatable bonds is 4. The number of hydrogen-bond acceptors (Lipinski definition) is 3. The van der Waals surface area contributed by atoms with Crippen LogP contribution in [-0.4, -0.2) is 30.3 Å². The quantitative estimate of drug-likeness (QED) is 0.343. The molecule has 0 rings (SSSR count). The van der Waals surface area contributed by atoms with Gasteiger partial charge in [-0.25, -0.2) is 4.79 Å². The van der Waals surface area contributed by atoms with E-state index in [1.165, 1.54) is 12.2 Å². The molecule has 0 atom stereocenters. The molecule has 0 saturated heterocycles. The average molecular weight is 174 g/mol. The third-order valence-electron chi connectivity index (χ3n) is 0.638. The number of carbonyl (C=O) groups excluding carboxylic acids is 1. The maximum absolute atomic E-state index is 10.4. The van der Waals surface area contributed by atoms with E-state index in [1.54, 1.807) is 0 Å². The van der Waals surface area contributed by atoms with Crippen LogP contribution < -0.4 is 0 Å². The first-order valence-electron chi connectivity index (χ1n) is 2.82. The van der Waals surface area contributed by atoms with Crippen molar-refractivity contribution in [2.24, 2.45) is 0 Å². The first-order chi connectivity index (χ1) is 4.81. The molecule has 0 bridgehead atoms. The molecule has 11 heavy (non-hydrogen) atoms. The van der Waals surface area contributed by atoms with Crippen molar-refractivity contribution in [1.82, 2.24) is 0 Å². The Hall–Kier alpha value is -1.03. The summed E-state index contributed by atoms with van der Waals surface area (Å²) in [5, 5.41) is 0.